The van der Waals surface area contributed by atoms with Crippen LogP contribution in [0.4, 0.5) is 0 Å². The fraction of sp³-hybridized carbons (Fsp3) is 0.412. The zero-order chi connectivity index (χ0) is 16.9. The summed E-state index contributed by atoms with van der Waals surface area (Å²) in [7, 11) is 1.11. The SMILES string of the molecule is CCOc1ccc(/C(O)=C/C(=O)C(=O)OC)cc1C(C)(C)C. The van der Waals surface area contributed by atoms with E-state index in [1.807, 2.05) is 27.7 Å². The Hall–Kier alpha value is -2.30. The van der Waals surface area contributed by atoms with Crippen molar-refractivity contribution in [3.05, 3.63) is 35.4 Å². The first-order valence-corrected chi connectivity index (χ1v) is 7.01. The number of benzene rings is 1. The molecule has 0 amide bonds. The van der Waals surface area contributed by atoms with Crippen molar-refractivity contribution >= 4 is 17.5 Å². The number of hydrogen-bond donors (Lipinski definition) is 1. The molecule has 0 aliphatic carbocycles. The summed E-state index contributed by atoms with van der Waals surface area (Å²) >= 11 is 0. The van der Waals surface area contributed by atoms with Crippen LogP contribution >= 0.6 is 0 Å². The van der Waals surface area contributed by atoms with Gasteiger partial charge in [0, 0.05) is 17.2 Å². The van der Waals surface area contributed by atoms with Gasteiger partial charge in [-0.15, -0.1) is 0 Å². The van der Waals surface area contributed by atoms with Gasteiger partial charge in [-0.05, 0) is 30.5 Å². The third-order valence-corrected chi connectivity index (χ3v) is 3.04. The lowest BCUT2D eigenvalue weighted by atomic mass is 9.85. The average molecular weight is 306 g/mol. The number of ketones is 1. The molecule has 5 nitrogen and oxygen atoms in total. The highest BCUT2D eigenvalue weighted by atomic mass is 16.5. The van der Waals surface area contributed by atoms with Crippen LogP contribution in [0.3, 0.4) is 0 Å². The van der Waals surface area contributed by atoms with E-state index in [0.29, 0.717) is 12.2 Å². The molecule has 120 valence electrons. The molecule has 1 rings (SSSR count). The molecule has 0 aliphatic heterocycles. The largest absolute Gasteiger partial charge is 0.507 e. The predicted molar refractivity (Wildman–Crippen MR) is 83.9 cm³/mol. The maximum atomic E-state index is 11.5. The Morgan fingerprint density at radius 2 is 1.91 bits per heavy atom. The van der Waals surface area contributed by atoms with Gasteiger partial charge in [0.1, 0.15) is 11.5 Å². The second-order valence-corrected chi connectivity index (χ2v) is 5.78. The van der Waals surface area contributed by atoms with Gasteiger partial charge >= 0.3 is 5.97 Å². The Labute approximate surface area is 130 Å². The first-order valence-electron chi connectivity index (χ1n) is 7.01. The van der Waals surface area contributed by atoms with Gasteiger partial charge in [0.05, 0.1) is 13.7 Å². The quantitative estimate of drug-likeness (QED) is 0.392. The summed E-state index contributed by atoms with van der Waals surface area (Å²) in [5.74, 6) is -1.49. The molecule has 0 saturated carbocycles. The highest BCUT2D eigenvalue weighted by molar-refractivity contribution is 6.39. The Kier molecular flexibility index (Phi) is 5.74. The maximum Gasteiger partial charge on any atom is 0.378 e. The van der Waals surface area contributed by atoms with E-state index in [2.05, 4.69) is 4.74 Å². The fourth-order valence-electron chi connectivity index (χ4n) is 1.92. The molecule has 0 spiro atoms. The molecule has 1 aromatic rings. The van der Waals surface area contributed by atoms with Crippen LogP contribution in [0.5, 0.6) is 5.75 Å². The number of carbonyl (C=O) groups excluding carboxylic acids is 2. The zero-order valence-electron chi connectivity index (χ0n) is 13.6. The summed E-state index contributed by atoms with van der Waals surface area (Å²) < 4.78 is 9.91. The van der Waals surface area contributed by atoms with E-state index in [4.69, 9.17) is 4.74 Å². The van der Waals surface area contributed by atoms with Crippen LogP contribution in [0.25, 0.3) is 5.76 Å². The van der Waals surface area contributed by atoms with Crippen molar-refractivity contribution in [3.8, 4) is 5.75 Å². The Morgan fingerprint density at radius 1 is 1.27 bits per heavy atom. The molecule has 22 heavy (non-hydrogen) atoms. The van der Waals surface area contributed by atoms with Crippen LogP contribution in [0, 0.1) is 0 Å². The molecule has 0 radical (unpaired) electrons. The highest BCUT2D eigenvalue weighted by Gasteiger charge is 2.21. The summed E-state index contributed by atoms with van der Waals surface area (Å²) in [6.07, 6.45) is 0.855. The predicted octanol–water partition coefficient (Wildman–Crippen LogP) is 3.02. The highest BCUT2D eigenvalue weighted by Crippen LogP contribution is 2.33. The van der Waals surface area contributed by atoms with Crippen LogP contribution in [-0.2, 0) is 19.7 Å². The van der Waals surface area contributed by atoms with Gasteiger partial charge in [-0.3, -0.25) is 4.79 Å². The van der Waals surface area contributed by atoms with E-state index in [0.717, 1.165) is 24.5 Å². The van der Waals surface area contributed by atoms with Gasteiger partial charge in [0.15, 0.2) is 0 Å². The molecular weight excluding hydrogens is 284 g/mol. The first kappa shape index (κ1) is 17.8. The van der Waals surface area contributed by atoms with Crippen LogP contribution in [-0.4, -0.2) is 30.6 Å². The molecule has 0 heterocycles. The van der Waals surface area contributed by atoms with E-state index >= 15 is 0 Å². The number of esters is 1. The molecule has 0 saturated heterocycles. The molecular formula is C17H22O5. The smallest absolute Gasteiger partial charge is 0.378 e. The normalized spacial score (nSPS) is 12.0. The first-order chi connectivity index (χ1) is 10.2. The number of ether oxygens (including phenoxy) is 2. The van der Waals surface area contributed by atoms with E-state index in [-0.39, 0.29) is 11.2 Å². The summed E-state index contributed by atoms with van der Waals surface area (Å²) in [4.78, 5) is 22.6. The number of carbonyl (C=O) groups is 2. The van der Waals surface area contributed by atoms with Crippen molar-refractivity contribution in [1.82, 2.24) is 0 Å². The zero-order valence-corrected chi connectivity index (χ0v) is 13.6. The molecule has 0 aromatic heterocycles. The van der Waals surface area contributed by atoms with Gasteiger partial charge in [-0.25, -0.2) is 4.79 Å². The lowest BCUT2D eigenvalue weighted by molar-refractivity contribution is -0.149. The third-order valence-electron chi connectivity index (χ3n) is 3.04. The van der Waals surface area contributed by atoms with Crippen molar-refractivity contribution in [1.29, 1.82) is 0 Å². The molecule has 0 bridgehead atoms. The number of methoxy groups -OCH3 is 1. The van der Waals surface area contributed by atoms with Crippen molar-refractivity contribution in [3.63, 3.8) is 0 Å². The van der Waals surface area contributed by atoms with Gasteiger partial charge < -0.3 is 14.6 Å². The molecule has 5 heteroatoms. The molecule has 0 atom stereocenters. The molecule has 0 aliphatic rings. The Bertz CT molecular complexity index is 594. The molecule has 0 fully saturated rings. The molecule has 1 aromatic carbocycles. The molecule has 0 unspecified atom stereocenters. The topological polar surface area (TPSA) is 72.8 Å². The minimum absolute atomic E-state index is 0.201. The minimum Gasteiger partial charge on any atom is -0.507 e. The van der Waals surface area contributed by atoms with Crippen molar-refractivity contribution in [2.24, 2.45) is 0 Å². The minimum atomic E-state index is -1.02. The van der Waals surface area contributed by atoms with Gasteiger partial charge in [0.2, 0.25) is 0 Å². The number of aliphatic hydroxyl groups excluding tert-OH is 1. The van der Waals surface area contributed by atoms with E-state index in [1.165, 1.54) is 0 Å². The summed E-state index contributed by atoms with van der Waals surface area (Å²) in [5, 5.41) is 10.0. The van der Waals surface area contributed by atoms with Crippen LogP contribution in [0.1, 0.15) is 38.8 Å². The lowest BCUT2D eigenvalue weighted by Crippen LogP contribution is -2.15. The van der Waals surface area contributed by atoms with Gasteiger partial charge in [0.25, 0.3) is 5.78 Å². The summed E-state index contributed by atoms with van der Waals surface area (Å²) in [5.41, 5.74) is 1.13. The summed E-state index contributed by atoms with van der Waals surface area (Å²) in [6, 6.07) is 5.13. The Balaban J connectivity index is 3.24. The second kappa shape index (κ2) is 7.11. The Morgan fingerprint density at radius 3 is 2.41 bits per heavy atom. The summed E-state index contributed by atoms with van der Waals surface area (Å²) in [6.45, 7) is 8.50. The monoisotopic (exact) mass is 306 g/mol. The second-order valence-electron chi connectivity index (χ2n) is 5.78. The van der Waals surface area contributed by atoms with Crippen LogP contribution < -0.4 is 4.74 Å². The van der Waals surface area contributed by atoms with E-state index < -0.39 is 11.8 Å². The number of hydrogen-bond acceptors (Lipinski definition) is 5. The van der Waals surface area contributed by atoms with Crippen LogP contribution in [0.2, 0.25) is 0 Å². The standard InChI is InChI=1S/C17H22O5/c1-6-22-15-8-7-11(9-12(15)17(2,3)4)13(18)10-14(19)16(20)21-5/h7-10,18H,6H2,1-5H3/b13-10-. The van der Waals surface area contributed by atoms with Crippen molar-refractivity contribution in [2.75, 3.05) is 13.7 Å². The molecule has 1 N–H and O–H groups in total. The van der Waals surface area contributed by atoms with Gasteiger partial charge in [-0.2, -0.15) is 0 Å². The number of aliphatic hydroxyl groups is 1. The van der Waals surface area contributed by atoms with Gasteiger partial charge in [-0.1, -0.05) is 20.8 Å². The van der Waals surface area contributed by atoms with Crippen molar-refractivity contribution in [2.45, 2.75) is 33.1 Å². The van der Waals surface area contributed by atoms with E-state index in [1.54, 1.807) is 18.2 Å². The number of rotatable bonds is 5. The third kappa shape index (κ3) is 4.35. The average Bonchev–Trinajstić information content (AvgIpc) is 2.45. The fourth-order valence-corrected chi connectivity index (χ4v) is 1.92. The lowest BCUT2D eigenvalue weighted by Gasteiger charge is -2.23. The van der Waals surface area contributed by atoms with E-state index in [9.17, 15) is 14.7 Å². The van der Waals surface area contributed by atoms with Crippen LogP contribution in [0.15, 0.2) is 24.3 Å². The maximum absolute atomic E-state index is 11.5. The van der Waals surface area contributed by atoms with Crippen molar-refractivity contribution < 1.29 is 24.2 Å².